The van der Waals surface area contributed by atoms with Crippen LogP contribution in [0.1, 0.15) is 93.1 Å². The molecule has 0 aliphatic carbocycles. The first-order valence-electron chi connectivity index (χ1n) is 12.6. The van der Waals surface area contributed by atoms with Gasteiger partial charge >= 0.3 is 5.97 Å². The van der Waals surface area contributed by atoms with Crippen LogP contribution in [-0.2, 0) is 6.42 Å². The van der Waals surface area contributed by atoms with Crippen LogP contribution in [0.3, 0.4) is 0 Å². The first-order valence-corrected chi connectivity index (χ1v) is 12.6. The van der Waals surface area contributed by atoms with E-state index >= 15 is 0 Å². The first-order chi connectivity index (χ1) is 16.2. The quantitative estimate of drug-likeness (QED) is 0.159. The Morgan fingerprint density at radius 1 is 0.788 bits per heavy atom. The lowest BCUT2D eigenvalue weighted by Gasteiger charge is -2.18. The van der Waals surface area contributed by atoms with Crippen molar-refractivity contribution < 1.29 is 9.53 Å². The highest BCUT2D eigenvalue weighted by molar-refractivity contribution is 6.00. The molecular weight excluding hydrogens is 404 g/mol. The van der Waals surface area contributed by atoms with Gasteiger partial charge in [0.25, 0.3) is 0 Å². The fourth-order valence-electron chi connectivity index (χ4n) is 4.55. The molecule has 0 amide bonds. The maximum Gasteiger partial charge on any atom is 0.344 e. The summed E-state index contributed by atoms with van der Waals surface area (Å²) in [5, 5.41) is 0. The van der Waals surface area contributed by atoms with Crippen LogP contribution in [0.2, 0.25) is 0 Å². The molecular formula is C31H38O2. The number of esters is 1. The largest absolute Gasteiger partial charge is 0.423 e. The van der Waals surface area contributed by atoms with Gasteiger partial charge in [0.1, 0.15) is 5.75 Å². The summed E-state index contributed by atoms with van der Waals surface area (Å²) in [5.41, 5.74) is 4.88. The zero-order chi connectivity index (χ0) is 23.5. The molecule has 0 heterocycles. The summed E-state index contributed by atoms with van der Waals surface area (Å²) in [5.74, 6) is 0.774. The second-order valence-electron chi connectivity index (χ2n) is 8.99. The Morgan fingerprint density at radius 3 is 2.27 bits per heavy atom. The van der Waals surface area contributed by atoms with E-state index in [4.69, 9.17) is 4.74 Å². The van der Waals surface area contributed by atoms with Crippen LogP contribution >= 0.6 is 0 Å². The molecule has 33 heavy (non-hydrogen) atoms. The second kappa shape index (κ2) is 13.0. The summed E-state index contributed by atoms with van der Waals surface area (Å²) in [4.78, 5) is 13.7. The van der Waals surface area contributed by atoms with Gasteiger partial charge in [0.15, 0.2) is 0 Å². The number of aryl methyl sites for hydroxylation is 1. The average Bonchev–Trinajstić information content (AvgIpc) is 2.84. The SMILES string of the molecule is CCCCCCCc1cccc(-c2ccccc2)c1C(=O)Oc1ccccc1C(C)CCC. The summed E-state index contributed by atoms with van der Waals surface area (Å²) in [6.45, 7) is 6.63. The molecule has 3 rings (SSSR count). The van der Waals surface area contributed by atoms with Crippen LogP contribution in [0.4, 0.5) is 0 Å². The molecule has 3 aromatic carbocycles. The van der Waals surface area contributed by atoms with Crippen LogP contribution in [0, 0.1) is 0 Å². The van der Waals surface area contributed by atoms with Gasteiger partial charge in [-0.15, -0.1) is 0 Å². The Labute approximate surface area is 200 Å². The number of unbranched alkanes of at least 4 members (excludes halogenated alkanes) is 4. The molecule has 0 N–H and O–H groups in total. The molecule has 3 aromatic rings. The standard InChI is InChI=1S/C31H38O2/c1-4-6-7-8-10-19-26-20-15-22-28(25-17-11-9-12-18-25)30(26)31(32)33-29-23-14-13-21-27(29)24(3)16-5-2/h9,11-15,17-18,20-24H,4-8,10,16,19H2,1-3H3. The van der Waals surface area contributed by atoms with Crippen molar-refractivity contribution in [3.05, 3.63) is 89.5 Å². The second-order valence-corrected chi connectivity index (χ2v) is 8.99. The third-order valence-electron chi connectivity index (χ3n) is 6.36. The number of carbonyl (C=O) groups excluding carboxylic acids is 1. The highest BCUT2D eigenvalue weighted by atomic mass is 16.5. The van der Waals surface area contributed by atoms with Crippen LogP contribution in [0.5, 0.6) is 5.75 Å². The van der Waals surface area contributed by atoms with E-state index in [1.165, 1.54) is 25.7 Å². The Balaban J connectivity index is 1.93. The van der Waals surface area contributed by atoms with Gasteiger partial charge in [0, 0.05) is 0 Å². The van der Waals surface area contributed by atoms with Crippen molar-refractivity contribution in [2.24, 2.45) is 0 Å². The van der Waals surface area contributed by atoms with E-state index < -0.39 is 0 Å². The molecule has 0 aliphatic rings. The minimum atomic E-state index is -0.255. The van der Waals surface area contributed by atoms with Crippen LogP contribution in [-0.4, -0.2) is 5.97 Å². The minimum absolute atomic E-state index is 0.255. The van der Waals surface area contributed by atoms with E-state index in [1.54, 1.807) is 0 Å². The molecule has 0 spiro atoms. The molecule has 1 unspecified atom stereocenters. The number of hydrogen-bond acceptors (Lipinski definition) is 2. The first kappa shape index (κ1) is 24.8. The van der Waals surface area contributed by atoms with Crippen LogP contribution < -0.4 is 4.74 Å². The topological polar surface area (TPSA) is 26.3 Å². The predicted molar refractivity (Wildman–Crippen MR) is 139 cm³/mol. The van der Waals surface area contributed by atoms with Crippen molar-refractivity contribution in [1.82, 2.24) is 0 Å². The molecule has 0 saturated heterocycles. The summed E-state index contributed by atoms with van der Waals surface area (Å²) in [6, 6.07) is 24.3. The lowest BCUT2D eigenvalue weighted by molar-refractivity contribution is 0.0732. The maximum atomic E-state index is 13.7. The van der Waals surface area contributed by atoms with Gasteiger partial charge in [-0.05, 0) is 53.5 Å². The van der Waals surface area contributed by atoms with Gasteiger partial charge < -0.3 is 4.74 Å². The molecule has 2 heteroatoms. The molecule has 0 aliphatic heterocycles. The molecule has 0 bridgehead atoms. The summed E-state index contributed by atoms with van der Waals surface area (Å²) in [6.07, 6.45) is 9.08. The third kappa shape index (κ3) is 6.81. The minimum Gasteiger partial charge on any atom is -0.423 e. The normalized spacial score (nSPS) is 11.8. The van der Waals surface area contributed by atoms with Crippen molar-refractivity contribution >= 4 is 5.97 Å². The molecule has 174 valence electrons. The van der Waals surface area contributed by atoms with E-state index in [1.807, 2.05) is 42.5 Å². The number of hydrogen-bond donors (Lipinski definition) is 0. The van der Waals surface area contributed by atoms with Gasteiger partial charge in [0.2, 0.25) is 0 Å². The van der Waals surface area contributed by atoms with Crippen molar-refractivity contribution in [2.75, 3.05) is 0 Å². The van der Waals surface area contributed by atoms with Gasteiger partial charge in [-0.1, -0.05) is 120 Å². The highest BCUT2D eigenvalue weighted by Gasteiger charge is 2.21. The van der Waals surface area contributed by atoms with E-state index in [0.29, 0.717) is 17.2 Å². The van der Waals surface area contributed by atoms with Crippen molar-refractivity contribution in [1.29, 1.82) is 0 Å². The van der Waals surface area contributed by atoms with Crippen molar-refractivity contribution in [3.63, 3.8) is 0 Å². The number of rotatable bonds is 12. The average molecular weight is 443 g/mol. The van der Waals surface area contributed by atoms with Gasteiger partial charge in [-0.25, -0.2) is 4.79 Å². The predicted octanol–water partition coefficient (Wildman–Crippen LogP) is 8.99. The van der Waals surface area contributed by atoms with E-state index in [-0.39, 0.29) is 5.97 Å². The fourth-order valence-corrected chi connectivity index (χ4v) is 4.55. The van der Waals surface area contributed by atoms with E-state index in [2.05, 4.69) is 51.1 Å². The number of ether oxygens (including phenoxy) is 1. The van der Waals surface area contributed by atoms with Crippen molar-refractivity contribution in [2.45, 2.75) is 78.1 Å². The van der Waals surface area contributed by atoms with Crippen LogP contribution in [0.15, 0.2) is 72.8 Å². The summed E-state index contributed by atoms with van der Waals surface area (Å²) in [7, 11) is 0. The Kier molecular flexibility index (Phi) is 9.75. The Morgan fingerprint density at radius 2 is 1.52 bits per heavy atom. The maximum absolute atomic E-state index is 13.7. The number of carbonyl (C=O) groups is 1. The zero-order valence-corrected chi connectivity index (χ0v) is 20.5. The van der Waals surface area contributed by atoms with E-state index in [9.17, 15) is 4.79 Å². The number of para-hydroxylation sites is 1. The lowest BCUT2D eigenvalue weighted by atomic mass is 9.92. The van der Waals surface area contributed by atoms with E-state index in [0.717, 1.165) is 47.9 Å². The molecule has 0 radical (unpaired) electrons. The smallest absolute Gasteiger partial charge is 0.344 e. The van der Waals surface area contributed by atoms with Gasteiger partial charge in [-0.3, -0.25) is 0 Å². The Bertz CT molecular complexity index is 1010. The fraction of sp³-hybridized carbons (Fsp3) is 0.387. The highest BCUT2D eigenvalue weighted by Crippen LogP contribution is 2.33. The third-order valence-corrected chi connectivity index (χ3v) is 6.36. The molecule has 2 nitrogen and oxygen atoms in total. The monoisotopic (exact) mass is 442 g/mol. The lowest BCUT2D eigenvalue weighted by Crippen LogP contribution is -2.15. The van der Waals surface area contributed by atoms with Gasteiger partial charge in [-0.2, -0.15) is 0 Å². The summed E-state index contributed by atoms with van der Waals surface area (Å²) < 4.78 is 6.11. The molecule has 0 saturated carbocycles. The molecule has 1 atom stereocenters. The zero-order valence-electron chi connectivity index (χ0n) is 20.5. The Hall–Kier alpha value is -2.87. The van der Waals surface area contributed by atoms with Gasteiger partial charge in [0.05, 0.1) is 5.56 Å². The molecule has 0 fully saturated rings. The molecule has 0 aromatic heterocycles. The summed E-state index contributed by atoms with van der Waals surface area (Å²) >= 11 is 0. The van der Waals surface area contributed by atoms with Crippen LogP contribution in [0.25, 0.3) is 11.1 Å². The van der Waals surface area contributed by atoms with Crippen molar-refractivity contribution in [3.8, 4) is 16.9 Å². The number of benzene rings is 3.